The third-order valence-electron chi connectivity index (χ3n) is 2.69. The van der Waals surface area contributed by atoms with Crippen LogP contribution in [0.15, 0.2) is 33.6 Å². The molecule has 0 amide bonds. The highest BCUT2D eigenvalue weighted by Gasteiger charge is 2.31. The number of esters is 2. The van der Waals surface area contributed by atoms with E-state index < -0.39 is 34.0 Å². The summed E-state index contributed by atoms with van der Waals surface area (Å²) in [5, 5.41) is 0. The van der Waals surface area contributed by atoms with Gasteiger partial charge in [0.2, 0.25) is 0 Å². The molecule has 0 unspecified atom stereocenters. The van der Waals surface area contributed by atoms with E-state index in [2.05, 4.69) is 13.9 Å². The van der Waals surface area contributed by atoms with Crippen LogP contribution in [0.4, 0.5) is 0 Å². The molecule has 0 radical (unpaired) electrons. The van der Waals surface area contributed by atoms with Crippen LogP contribution in [-0.2, 0) is 33.8 Å². The van der Waals surface area contributed by atoms with Crippen LogP contribution in [0.25, 0.3) is 0 Å². The lowest BCUT2D eigenvalue weighted by atomic mass is 10.2. The summed E-state index contributed by atoms with van der Waals surface area (Å²) >= 11 is 0. The number of carbonyl (C=O) groups is 2. The maximum atomic E-state index is 12.1. The summed E-state index contributed by atoms with van der Waals surface area (Å²) in [7, 11) is -1.92. The number of benzene rings is 1. The molecule has 0 saturated carbocycles. The molecule has 8 nitrogen and oxygen atoms in total. The molecular formula is C14H17NO7S. The highest BCUT2D eigenvalue weighted by atomic mass is 32.2. The summed E-state index contributed by atoms with van der Waals surface area (Å²) in [5.74, 6) is -2.45. The minimum Gasteiger partial charge on any atom is -0.466 e. The second-order valence-corrected chi connectivity index (χ2v) is 6.05. The fourth-order valence-electron chi connectivity index (χ4n) is 1.53. The van der Waals surface area contributed by atoms with Crippen LogP contribution in [0.2, 0.25) is 0 Å². The molecule has 23 heavy (non-hydrogen) atoms. The number of hydrogen-bond donors (Lipinski definition) is 0. The van der Waals surface area contributed by atoms with Gasteiger partial charge < -0.3 is 14.2 Å². The molecule has 9 heteroatoms. The van der Waals surface area contributed by atoms with E-state index >= 15 is 0 Å². The van der Waals surface area contributed by atoms with Gasteiger partial charge in [-0.3, -0.25) is 0 Å². The van der Waals surface area contributed by atoms with Gasteiger partial charge in [-0.2, -0.15) is 8.42 Å². The molecule has 0 aliphatic rings. The first-order chi connectivity index (χ1) is 10.7. The third-order valence-corrected chi connectivity index (χ3v) is 4.05. The topological polar surface area (TPSA) is 108 Å². The van der Waals surface area contributed by atoms with E-state index in [0.717, 1.165) is 19.8 Å². The Bertz CT molecular complexity index is 691. The Hall–Kier alpha value is -2.42. The predicted molar refractivity (Wildman–Crippen MR) is 80.4 cm³/mol. The van der Waals surface area contributed by atoms with Gasteiger partial charge in [-0.15, -0.1) is 4.40 Å². The van der Waals surface area contributed by atoms with Crippen LogP contribution in [0.5, 0.6) is 0 Å². The van der Waals surface area contributed by atoms with Crippen LogP contribution in [0.3, 0.4) is 0 Å². The lowest BCUT2D eigenvalue weighted by Gasteiger charge is -2.14. The minimum absolute atomic E-state index is 0.0428. The van der Waals surface area contributed by atoms with Gasteiger partial charge in [-0.25, -0.2) is 9.59 Å². The lowest BCUT2D eigenvalue weighted by molar-refractivity contribution is -0.164. The van der Waals surface area contributed by atoms with Gasteiger partial charge in [0.1, 0.15) is 0 Å². The van der Waals surface area contributed by atoms with Crippen LogP contribution < -0.4 is 0 Å². The molecule has 0 bridgehead atoms. The van der Waals surface area contributed by atoms with Gasteiger partial charge in [0.05, 0.1) is 19.1 Å². The summed E-state index contributed by atoms with van der Waals surface area (Å²) in [5.41, 5.74) is 0.886. The van der Waals surface area contributed by atoms with Gasteiger partial charge in [-0.1, -0.05) is 17.7 Å². The van der Waals surface area contributed by atoms with Crippen LogP contribution in [0.1, 0.15) is 12.5 Å². The maximum absolute atomic E-state index is 12.1. The predicted octanol–water partition coefficient (Wildman–Crippen LogP) is 0.833. The Labute approximate surface area is 134 Å². The Balaban J connectivity index is 3.03. The molecule has 1 rings (SSSR count). The fourth-order valence-corrected chi connectivity index (χ4v) is 2.50. The lowest BCUT2D eigenvalue weighted by Crippen LogP contribution is -2.36. The van der Waals surface area contributed by atoms with E-state index in [1.807, 2.05) is 6.92 Å². The molecule has 0 aliphatic heterocycles. The van der Waals surface area contributed by atoms with Gasteiger partial charge in [-0.05, 0) is 19.1 Å². The van der Waals surface area contributed by atoms with Crippen molar-refractivity contribution in [3.63, 3.8) is 0 Å². The van der Waals surface area contributed by atoms with E-state index in [1.54, 1.807) is 12.1 Å². The van der Waals surface area contributed by atoms with Gasteiger partial charge in [0.25, 0.3) is 16.1 Å². The molecule has 0 heterocycles. The SMILES string of the molecule is COC(=O)C(O/C(C)=N/S(=O)(=O)c1ccc(C)cc1)C(=O)OC. The van der Waals surface area contributed by atoms with Crippen LogP contribution in [0, 0.1) is 6.92 Å². The standard InChI is InChI=1S/C14H17NO7S/c1-9-5-7-11(8-6-9)23(18,19)15-10(2)22-12(13(16)20-3)14(17)21-4/h5-8,12H,1-4H3/b15-10+. The monoisotopic (exact) mass is 343 g/mol. The number of methoxy groups -OCH3 is 2. The van der Waals surface area contributed by atoms with Crippen molar-refractivity contribution in [2.24, 2.45) is 4.40 Å². The van der Waals surface area contributed by atoms with Gasteiger partial charge in [0, 0.05) is 6.92 Å². The third kappa shape index (κ3) is 5.06. The smallest absolute Gasteiger partial charge is 0.359 e. The average Bonchev–Trinajstić information content (AvgIpc) is 2.51. The van der Waals surface area contributed by atoms with Gasteiger partial charge >= 0.3 is 11.9 Å². The average molecular weight is 343 g/mol. The van der Waals surface area contributed by atoms with E-state index in [9.17, 15) is 18.0 Å². The van der Waals surface area contributed by atoms with Crippen molar-refractivity contribution < 1.29 is 32.2 Å². The minimum atomic E-state index is -4.03. The summed E-state index contributed by atoms with van der Waals surface area (Å²) in [4.78, 5) is 22.9. The molecule has 1 aromatic rings. The quantitative estimate of drug-likeness (QED) is 0.337. The van der Waals surface area contributed by atoms with Crippen molar-refractivity contribution in [2.75, 3.05) is 14.2 Å². The first-order valence-electron chi connectivity index (χ1n) is 6.42. The number of rotatable bonds is 5. The maximum Gasteiger partial charge on any atom is 0.359 e. The van der Waals surface area contributed by atoms with E-state index in [-0.39, 0.29) is 4.90 Å². The normalized spacial score (nSPS) is 12.0. The summed E-state index contributed by atoms with van der Waals surface area (Å²) in [6.45, 7) is 3.01. The number of carbonyl (C=O) groups excluding carboxylic acids is 2. The van der Waals surface area contributed by atoms with E-state index in [0.29, 0.717) is 0 Å². The number of nitrogens with zero attached hydrogens (tertiary/aromatic N) is 1. The van der Waals surface area contributed by atoms with Crippen molar-refractivity contribution in [1.29, 1.82) is 0 Å². The van der Waals surface area contributed by atoms with Crippen molar-refractivity contribution >= 4 is 27.9 Å². The van der Waals surface area contributed by atoms with Crippen LogP contribution in [-0.4, -0.2) is 46.6 Å². The molecular weight excluding hydrogens is 326 g/mol. The zero-order valence-electron chi connectivity index (χ0n) is 13.1. The number of ether oxygens (including phenoxy) is 3. The molecule has 0 aromatic heterocycles. The first kappa shape index (κ1) is 18.6. The number of hydrogen-bond acceptors (Lipinski definition) is 7. The fraction of sp³-hybridized carbons (Fsp3) is 0.357. The Morgan fingerprint density at radius 2 is 1.52 bits per heavy atom. The van der Waals surface area contributed by atoms with Crippen molar-refractivity contribution in [3.8, 4) is 0 Å². The molecule has 0 fully saturated rings. The Morgan fingerprint density at radius 1 is 1.04 bits per heavy atom. The molecule has 0 atom stereocenters. The summed E-state index contributed by atoms with van der Waals surface area (Å²) in [6.07, 6.45) is -1.75. The highest BCUT2D eigenvalue weighted by molar-refractivity contribution is 7.90. The Kier molecular flexibility index (Phi) is 6.26. The van der Waals surface area contributed by atoms with Gasteiger partial charge in [0.15, 0.2) is 5.90 Å². The van der Waals surface area contributed by atoms with E-state index in [1.165, 1.54) is 19.1 Å². The number of aryl methyl sites for hydroxylation is 1. The molecule has 0 spiro atoms. The summed E-state index contributed by atoms with van der Waals surface area (Å²) < 4.78 is 41.4. The molecule has 0 saturated heterocycles. The van der Waals surface area contributed by atoms with E-state index in [4.69, 9.17) is 4.74 Å². The zero-order valence-corrected chi connectivity index (χ0v) is 13.9. The number of sulfonamides is 1. The second kappa shape index (κ2) is 7.73. The van der Waals surface area contributed by atoms with Crippen molar-refractivity contribution in [2.45, 2.75) is 24.8 Å². The largest absolute Gasteiger partial charge is 0.466 e. The molecule has 1 aromatic carbocycles. The van der Waals surface area contributed by atoms with Crippen molar-refractivity contribution in [3.05, 3.63) is 29.8 Å². The molecule has 0 aliphatic carbocycles. The van der Waals surface area contributed by atoms with Crippen molar-refractivity contribution in [1.82, 2.24) is 0 Å². The molecule has 0 N–H and O–H groups in total. The first-order valence-corrected chi connectivity index (χ1v) is 7.86. The Morgan fingerprint density at radius 3 is 1.96 bits per heavy atom. The summed E-state index contributed by atoms with van der Waals surface area (Å²) in [6, 6.07) is 6.01. The highest BCUT2D eigenvalue weighted by Crippen LogP contribution is 2.14. The zero-order chi connectivity index (χ0) is 17.6. The molecule has 126 valence electrons. The van der Waals surface area contributed by atoms with Crippen LogP contribution >= 0.6 is 0 Å². The second-order valence-electron chi connectivity index (χ2n) is 4.44.